The van der Waals surface area contributed by atoms with Crippen LogP contribution in [0, 0.1) is 13.8 Å². The van der Waals surface area contributed by atoms with Gasteiger partial charge in [-0.05, 0) is 52.1 Å². The predicted octanol–water partition coefficient (Wildman–Crippen LogP) is 2.42. The molecule has 1 saturated carbocycles. The van der Waals surface area contributed by atoms with Crippen molar-refractivity contribution in [3.63, 3.8) is 0 Å². The van der Waals surface area contributed by atoms with Crippen molar-refractivity contribution in [1.82, 2.24) is 15.1 Å². The molecule has 1 aromatic rings. The molecule has 2 rings (SSSR count). The minimum atomic E-state index is 0.857. The Morgan fingerprint density at radius 2 is 2.12 bits per heavy atom. The summed E-state index contributed by atoms with van der Waals surface area (Å²) in [5.41, 5.74) is 2.42. The summed E-state index contributed by atoms with van der Waals surface area (Å²) in [6.07, 6.45) is 6.64. The van der Waals surface area contributed by atoms with Crippen molar-refractivity contribution in [2.45, 2.75) is 58.5 Å². The minimum absolute atomic E-state index is 0.857. The van der Waals surface area contributed by atoms with Gasteiger partial charge in [-0.15, -0.1) is 0 Å². The number of nitrogens with one attached hydrogen (secondary N) is 1. The Balaban J connectivity index is 1.54. The summed E-state index contributed by atoms with van der Waals surface area (Å²) in [5.74, 6) is 0. The van der Waals surface area contributed by atoms with Crippen LogP contribution in [0.4, 0.5) is 0 Å². The molecule has 1 aliphatic rings. The molecule has 1 fully saturated rings. The lowest BCUT2D eigenvalue weighted by atomic mass is 10.2. The Morgan fingerprint density at radius 3 is 2.75 bits per heavy atom. The second-order valence-electron chi connectivity index (χ2n) is 4.94. The van der Waals surface area contributed by atoms with Gasteiger partial charge in [0.1, 0.15) is 0 Å². The molecule has 0 atom stereocenters. The fraction of sp³-hybridized carbons (Fsp3) is 0.769. The number of aryl methyl sites for hydroxylation is 3. The molecule has 0 radical (unpaired) electrons. The largest absolute Gasteiger partial charge is 0.314 e. The Hall–Kier alpha value is -0.830. The lowest BCUT2D eigenvalue weighted by Gasteiger charge is -2.05. The fourth-order valence-corrected chi connectivity index (χ4v) is 2.06. The first-order valence-corrected chi connectivity index (χ1v) is 6.50. The third-order valence-corrected chi connectivity index (χ3v) is 3.16. The van der Waals surface area contributed by atoms with Crippen LogP contribution in [0.15, 0.2) is 6.07 Å². The van der Waals surface area contributed by atoms with Crippen molar-refractivity contribution < 1.29 is 0 Å². The molecule has 0 bridgehead atoms. The summed E-state index contributed by atoms with van der Waals surface area (Å²) in [6.45, 7) is 6.46. The molecule has 0 amide bonds. The predicted molar refractivity (Wildman–Crippen MR) is 66.6 cm³/mol. The first-order valence-electron chi connectivity index (χ1n) is 6.50. The van der Waals surface area contributed by atoms with Gasteiger partial charge >= 0.3 is 0 Å². The van der Waals surface area contributed by atoms with Gasteiger partial charge in [-0.3, -0.25) is 4.68 Å². The second-order valence-corrected chi connectivity index (χ2v) is 4.94. The van der Waals surface area contributed by atoms with Crippen LogP contribution < -0.4 is 5.32 Å². The molecule has 0 aromatic carbocycles. The van der Waals surface area contributed by atoms with E-state index in [1.54, 1.807) is 0 Å². The highest BCUT2D eigenvalue weighted by molar-refractivity contribution is 5.06. The number of hydrogen-bond acceptors (Lipinski definition) is 2. The maximum atomic E-state index is 4.47. The Labute approximate surface area is 98.2 Å². The van der Waals surface area contributed by atoms with Gasteiger partial charge in [0.05, 0.1) is 5.69 Å². The van der Waals surface area contributed by atoms with Gasteiger partial charge in [0, 0.05) is 18.3 Å². The quantitative estimate of drug-likeness (QED) is 0.717. The maximum absolute atomic E-state index is 4.47. The van der Waals surface area contributed by atoms with Crippen LogP contribution in [0.2, 0.25) is 0 Å². The molecule has 3 nitrogen and oxygen atoms in total. The molecule has 3 heteroatoms. The van der Waals surface area contributed by atoms with E-state index in [2.05, 4.69) is 35.0 Å². The highest BCUT2D eigenvalue weighted by Crippen LogP contribution is 2.18. The molecule has 1 N–H and O–H groups in total. The Morgan fingerprint density at radius 1 is 1.31 bits per heavy atom. The average molecular weight is 221 g/mol. The van der Waals surface area contributed by atoms with Gasteiger partial charge < -0.3 is 5.32 Å². The van der Waals surface area contributed by atoms with Crippen molar-refractivity contribution in [3.05, 3.63) is 17.5 Å². The zero-order valence-electron chi connectivity index (χ0n) is 10.5. The van der Waals surface area contributed by atoms with Gasteiger partial charge in [0.2, 0.25) is 0 Å². The third-order valence-electron chi connectivity index (χ3n) is 3.16. The van der Waals surface area contributed by atoms with Crippen LogP contribution in [-0.4, -0.2) is 22.4 Å². The highest BCUT2D eigenvalue weighted by atomic mass is 15.3. The van der Waals surface area contributed by atoms with Crippen molar-refractivity contribution in [3.8, 4) is 0 Å². The SMILES string of the molecule is Cc1cc(C)n(CCCCCNC2CC2)n1. The van der Waals surface area contributed by atoms with Crippen LogP contribution in [0.5, 0.6) is 0 Å². The third kappa shape index (κ3) is 3.63. The molecule has 1 aliphatic carbocycles. The normalized spacial score (nSPS) is 15.6. The standard InChI is InChI=1S/C13H23N3/c1-11-10-12(2)16(15-11)9-5-3-4-8-14-13-6-7-13/h10,13-14H,3-9H2,1-2H3. The Kier molecular flexibility index (Phi) is 3.99. The summed E-state index contributed by atoms with van der Waals surface area (Å²) in [5, 5.41) is 8.02. The van der Waals surface area contributed by atoms with E-state index in [-0.39, 0.29) is 0 Å². The lowest BCUT2D eigenvalue weighted by Crippen LogP contribution is -2.17. The zero-order chi connectivity index (χ0) is 11.4. The average Bonchev–Trinajstić information content (AvgIpc) is 2.99. The van der Waals surface area contributed by atoms with Crippen LogP contribution >= 0.6 is 0 Å². The molecule has 1 aromatic heterocycles. The van der Waals surface area contributed by atoms with E-state index in [4.69, 9.17) is 0 Å². The molecular formula is C13H23N3. The molecule has 16 heavy (non-hydrogen) atoms. The number of aromatic nitrogens is 2. The molecule has 90 valence electrons. The van der Waals surface area contributed by atoms with Gasteiger partial charge in [0.15, 0.2) is 0 Å². The summed E-state index contributed by atoms with van der Waals surface area (Å²) in [6, 6.07) is 3.00. The van der Waals surface area contributed by atoms with Crippen molar-refractivity contribution >= 4 is 0 Å². The molecule has 0 spiro atoms. The number of rotatable bonds is 7. The summed E-state index contributed by atoms with van der Waals surface area (Å²) >= 11 is 0. The van der Waals surface area contributed by atoms with Crippen LogP contribution in [0.3, 0.4) is 0 Å². The van der Waals surface area contributed by atoms with Gasteiger partial charge in [-0.1, -0.05) is 6.42 Å². The van der Waals surface area contributed by atoms with Crippen molar-refractivity contribution in [1.29, 1.82) is 0 Å². The molecule has 0 saturated heterocycles. The van der Waals surface area contributed by atoms with E-state index in [0.717, 1.165) is 18.3 Å². The molecule has 0 aliphatic heterocycles. The monoisotopic (exact) mass is 221 g/mol. The first kappa shape index (κ1) is 11.6. The van der Waals surface area contributed by atoms with Gasteiger partial charge in [-0.25, -0.2) is 0 Å². The van der Waals surface area contributed by atoms with E-state index in [1.165, 1.54) is 44.3 Å². The zero-order valence-corrected chi connectivity index (χ0v) is 10.5. The smallest absolute Gasteiger partial charge is 0.0596 e. The number of nitrogens with zero attached hydrogens (tertiary/aromatic N) is 2. The molecular weight excluding hydrogens is 198 g/mol. The Bertz CT molecular complexity index is 326. The van der Waals surface area contributed by atoms with Crippen molar-refractivity contribution in [2.24, 2.45) is 0 Å². The summed E-state index contributed by atoms with van der Waals surface area (Å²) in [7, 11) is 0. The first-order chi connectivity index (χ1) is 7.75. The van der Waals surface area contributed by atoms with Gasteiger partial charge in [0.25, 0.3) is 0 Å². The molecule has 1 heterocycles. The fourth-order valence-electron chi connectivity index (χ4n) is 2.06. The number of unbranched alkanes of at least 4 members (excludes halogenated alkanes) is 2. The van der Waals surface area contributed by atoms with Crippen molar-refractivity contribution in [2.75, 3.05) is 6.54 Å². The van der Waals surface area contributed by atoms with Crippen LogP contribution in [0.25, 0.3) is 0 Å². The summed E-state index contributed by atoms with van der Waals surface area (Å²) < 4.78 is 2.13. The van der Waals surface area contributed by atoms with Crippen LogP contribution in [0.1, 0.15) is 43.5 Å². The van der Waals surface area contributed by atoms with E-state index < -0.39 is 0 Å². The molecule has 0 unspecified atom stereocenters. The highest BCUT2D eigenvalue weighted by Gasteiger charge is 2.19. The topological polar surface area (TPSA) is 29.9 Å². The van der Waals surface area contributed by atoms with E-state index in [1.807, 2.05) is 0 Å². The minimum Gasteiger partial charge on any atom is -0.314 e. The second kappa shape index (κ2) is 5.48. The van der Waals surface area contributed by atoms with E-state index in [0.29, 0.717) is 0 Å². The number of hydrogen-bond donors (Lipinski definition) is 1. The van der Waals surface area contributed by atoms with Gasteiger partial charge in [-0.2, -0.15) is 5.10 Å². The lowest BCUT2D eigenvalue weighted by molar-refractivity contribution is 0.519. The maximum Gasteiger partial charge on any atom is 0.0596 e. The summed E-state index contributed by atoms with van der Waals surface area (Å²) in [4.78, 5) is 0. The van der Waals surface area contributed by atoms with E-state index >= 15 is 0 Å². The van der Waals surface area contributed by atoms with E-state index in [9.17, 15) is 0 Å². The van der Waals surface area contributed by atoms with Crippen LogP contribution in [-0.2, 0) is 6.54 Å².